The van der Waals surface area contributed by atoms with Gasteiger partial charge in [-0.2, -0.15) is 10.4 Å². The first kappa shape index (κ1) is 24.6. The molecule has 1 atom stereocenters. The van der Waals surface area contributed by atoms with E-state index in [1.165, 1.54) is 0 Å². The van der Waals surface area contributed by atoms with Crippen LogP contribution >= 0.6 is 0 Å². The molecule has 0 unspecified atom stereocenters. The summed E-state index contributed by atoms with van der Waals surface area (Å²) in [7, 11) is 0. The van der Waals surface area contributed by atoms with Gasteiger partial charge >= 0.3 is 6.09 Å². The second-order valence-electron chi connectivity index (χ2n) is 10.6. The third kappa shape index (κ3) is 5.82. The fraction of sp³-hybridized carbons (Fsp3) is 0.444. The van der Waals surface area contributed by atoms with E-state index in [1.54, 1.807) is 21.7 Å². The third-order valence-corrected chi connectivity index (χ3v) is 6.37. The summed E-state index contributed by atoms with van der Waals surface area (Å²) in [5.74, 6) is 1.32. The Balaban J connectivity index is 1.31. The van der Waals surface area contributed by atoms with Gasteiger partial charge in [0.05, 0.1) is 18.3 Å². The number of likely N-dealkylation sites (tertiary alicyclic amines) is 1. The largest absolute Gasteiger partial charge is 0.491 e. The fourth-order valence-electron chi connectivity index (χ4n) is 4.31. The van der Waals surface area contributed by atoms with Crippen molar-refractivity contribution < 1.29 is 19.1 Å². The second kappa shape index (κ2) is 9.73. The van der Waals surface area contributed by atoms with Crippen molar-refractivity contribution in [3.8, 4) is 22.9 Å². The number of nitriles is 1. The first-order chi connectivity index (χ1) is 17.7. The normalized spacial score (nSPS) is 17.5. The van der Waals surface area contributed by atoms with Gasteiger partial charge in [-0.1, -0.05) is 0 Å². The smallest absolute Gasteiger partial charge is 0.410 e. The zero-order valence-corrected chi connectivity index (χ0v) is 21.2. The molecule has 10 nitrogen and oxygen atoms in total. The van der Waals surface area contributed by atoms with Crippen LogP contribution in [-0.4, -0.2) is 56.8 Å². The number of carbonyl (C=O) groups is 2. The van der Waals surface area contributed by atoms with E-state index in [4.69, 9.17) is 9.47 Å². The lowest BCUT2D eigenvalue weighted by Crippen LogP contribution is -2.35. The summed E-state index contributed by atoms with van der Waals surface area (Å²) in [4.78, 5) is 30.4. The minimum atomic E-state index is -0.533. The van der Waals surface area contributed by atoms with Crippen LogP contribution in [0.15, 0.2) is 36.7 Å². The summed E-state index contributed by atoms with van der Waals surface area (Å²) in [5, 5.41) is 16.7. The molecule has 3 aromatic rings. The molecule has 1 saturated carbocycles. The van der Waals surface area contributed by atoms with Gasteiger partial charge in [-0.15, -0.1) is 0 Å². The third-order valence-electron chi connectivity index (χ3n) is 6.37. The number of carbonyl (C=O) groups excluding carboxylic acids is 2. The molecule has 3 aromatic heterocycles. The van der Waals surface area contributed by atoms with Crippen molar-refractivity contribution in [3.05, 3.63) is 42.4 Å². The number of anilines is 1. The number of hydrogen-bond acceptors (Lipinski definition) is 7. The van der Waals surface area contributed by atoms with Gasteiger partial charge in [-0.05, 0) is 63.8 Å². The first-order valence-electron chi connectivity index (χ1n) is 12.5. The number of fused-ring (bicyclic) bond motifs is 1. The van der Waals surface area contributed by atoms with E-state index < -0.39 is 5.60 Å². The van der Waals surface area contributed by atoms with Crippen molar-refractivity contribution in [1.29, 1.82) is 5.26 Å². The number of nitrogens with one attached hydrogen (secondary N) is 1. The molecule has 10 heteroatoms. The number of nitrogens with zero attached hydrogens (tertiary/aromatic N) is 5. The number of aromatic nitrogens is 3. The van der Waals surface area contributed by atoms with E-state index in [-0.39, 0.29) is 29.5 Å². The van der Waals surface area contributed by atoms with Crippen LogP contribution in [0.2, 0.25) is 0 Å². The van der Waals surface area contributed by atoms with Crippen molar-refractivity contribution in [2.45, 2.75) is 45.6 Å². The molecule has 2 fully saturated rings. The van der Waals surface area contributed by atoms with E-state index >= 15 is 0 Å². The molecule has 2 amide bonds. The first-order valence-corrected chi connectivity index (χ1v) is 12.5. The monoisotopic (exact) mass is 502 g/mol. The number of hydrogen-bond donors (Lipinski definition) is 1. The van der Waals surface area contributed by atoms with Crippen LogP contribution in [-0.2, 0) is 9.53 Å². The second-order valence-corrected chi connectivity index (χ2v) is 10.6. The van der Waals surface area contributed by atoms with Crippen molar-refractivity contribution in [2.24, 2.45) is 11.8 Å². The standard InChI is InChI=1S/C27H30N6O4/c1-27(2,3)37-26(35)32-8-6-17(15-32)16-36-23-14-29-20(13-28)11-22(23)19-7-9-33-21(10-19)12-24(31-33)30-25(34)18-4-5-18/h7,9-12,14,17-18H,4-6,8,15-16H2,1-3H3,(H,30,31,34)/t17-/m1/s1. The maximum absolute atomic E-state index is 12.4. The predicted octanol–water partition coefficient (Wildman–Crippen LogP) is 4.25. The highest BCUT2D eigenvalue weighted by molar-refractivity contribution is 5.93. The highest BCUT2D eigenvalue weighted by atomic mass is 16.6. The van der Waals surface area contributed by atoms with E-state index in [0.29, 0.717) is 31.3 Å². The van der Waals surface area contributed by atoms with Crippen molar-refractivity contribution in [3.63, 3.8) is 0 Å². The van der Waals surface area contributed by atoms with Crippen LogP contribution in [0.1, 0.15) is 45.7 Å². The van der Waals surface area contributed by atoms with Crippen molar-refractivity contribution in [1.82, 2.24) is 19.5 Å². The summed E-state index contributed by atoms with van der Waals surface area (Å²) in [6.07, 6.45) is 5.73. The number of ether oxygens (including phenoxy) is 2. The maximum atomic E-state index is 12.4. The molecule has 0 bridgehead atoms. The van der Waals surface area contributed by atoms with Gasteiger partial charge in [-0.25, -0.2) is 14.3 Å². The molecule has 1 N–H and O–H groups in total. The Hall–Kier alpha value is -4.13. The molecule has 37 heavy (non-hydrogen) atoms. The number of amides is 2. The van der Waals surface area contributed by atoms with Gasteiger partial charge in [0.1, 0.15) is 23.1 Å². The minimum Gasteiger partial charge on any atom is -0.491 e. The Kier molecular flexibility index (Phi) is 6.46. The lowest BCUT2D eigenvalue weighted by atomic mass is 10.1. The zero-order valence-electron chi connectivity index (χ0n) is 21.2. The van der Waals surface area contributed by atoms with E-state index in [9.17, 15) is 14.9 Å². The number of pyridine rings is 2. The molecule has 0 spiro atoms. The Labute approximate surface area is 215 Å². The topological polar surface area (TPSA) is 122 Å². The van der Waals surface area contributed by atoms with Crippen LogP contribution in [0.3, 0.4) is 0 Å². The average molecular weight is 503 g/mol. The van der Waals surface area contributed by atoms with Gasteiger partial charge in [0.15, 0.2) is 5.82 Å². The lowest BCUT2D eigenvalue weighted by Gasteiger charge is -2.24. The summed E-state index contributed by atoms with van der Waals surface area (Å²) in [5.41, 5.74) is 2.12. The average Bonchev–Trinajstić information content (AvgIpc) is 3.47. The molecule has 192 valence electrons. The minimum absolute atomic E-state index is 0.00394. The van der Waals surface area contributed by atoms with E-state index in [2.05, 4.69) is 21.5 Å². The summed E-state index contributed by atoms with van der Waals surface area (Å²) >= 11 is 0. The molecule has 1 aliphatic heterocycles. The Morgan fingerprint density at radius 1 is 1.22 bits per heavy atom. The summed E-state index contributed by atoms with van der Waals surface area (Å²) < 4.78 is 13.4. The van der Waals surface area contributed by atoms with Gasteiger partial charge in [0.2, 0.25) is 5.91 Å². The van der Waals surface area contributed by atoms with Gasteiger partial charge in [0, 0.05) is 42.8 Å². The van der Waals surface area contributed by atoms with E-state index in [0.717, 1.165) is 35.9 Å². The highest BCUT2D eigenvalue weighted by Gasteiger charge is 2.31. The molecule has 1 saturated heterocycles. The molecule has 4 heterocycles. The van der Waals surface area contributed by atoms with Crippen molar-refractivity contribution in [2.75, 3.05) is 25.0 Å². The van der Waals surface area contributed by atoms with Crippen LogP contribution < -0.4 is 10.1 Å². The predicted molar refractivity (Wildman–Crippen MR) is 136 cm³/mol. The van der Waals surface area contributed by atoms with Crippen LogP contribution in [0.25, 0.3) is 16.6 Å². The molecule has 5 rings (SSSR count). The molecule has 1 aliphatic carbocycles. The highest BCUT2D eigenvalue weighted by Crippen LogP contribution is 2.33. The molecular weight excluding hydrogens is 472 g/mol. The Morgan fingerprint density at radius 2 is 2.03 bits per heavy atom. The molecule has 2 aliphatic rings. The lowest BCUT2D eigenvalue weighted by molar-refractivity contribution is -0.117. The Morgan fingerprint density at radius 3 is 2.76 bits per heavy atom. The maximum Gasteiger partial charge on any atom is 0.410 e. The van der Waals surface area contributed by atoms with Crippen LogP contribution in [0.5, 0.6) is 5.75 Å². The van der Waals surface area contributed by atoms with E-state index in [1.807, 2.05) is 45.2 Å². The van der Waals surface area contributed by atoms with Crippen molar-refractivity contribution >= 4 is 23.3 Å². The fourth-order valence-corrected chi connectivity index (χ4v) is 4.31. The summed E-state index contributed by atoms with van der Waals surface area (Å²) in [6.45, 7) is 7.16. The Bertz CT molecular complexity index is 1380. The molecular formula is C27H30N6O4. The molecule has 0 aromatic carbocycles. The van der Waals surface area contributed by atoms with Gasteiger partial charge < -0.3 is 19.7 Å². The SMILES string of the molecule is CC(C)(C)OC(=O)N1CC[C@@H](COc2cnc(C#N)cc2-c2ccn3nc(NC(=O)C4CC4)cc3c2)C1. The summed E-state index contributed by atoms with van der Waals surface area (Å²) in [6, 6.07) is 9.43. The number of rotatable bonds is 6. The van der Waals surface area contributed by atoms with Crippen LogP contribution in [0, 0.1) is 23.2 Å². The zero-order chi connectivity index (χ0) is 26.2. The molecule has 0 radical (unpaired) electrons. The quantitative estimate of drug-likeness (QED) is 0.535. The van der Waals surface area contributed by atoms with Gasteiger partial charge in [0.25, 0.3) is 0 Å². The van der Waals surface area contributed by atoms with Gasteiger partial charge in [-0.3, -0.25) is 4.79 Å². The van der Waals surface area contributed by atoms with Crippen LogP contribution in [0.4, 0.5) is 10.6 Å².